The number of rotatable bonds is 4. The van der Waals surface area contributed by atoms with E-state index in [-0.39, 0.29) is 17.0 Å². The van der Waals surface area contributed by atoms with E-state index in [0.717, 1.165) is 26.2 Å². The number of nitrogens with zero attached hydrogens (tertiary/aromatic N) is 2. The Balaban J connectivity index is 1.58. The zero-order valence-corrected chi connectivity index (χ0v) is 15.8. The normalized spacial score (nSPS) is 16.4. The van der Waals surface area contributed by atoms with Gasteiger partial charge in [-0.05, 0) is 43.7 Å². The van der Waals surface area contributed by atoms with E-state index in [9.17, 15) is 9.18 Å². The zero-order valence-electron chi connectivity index (χ0n) is 15.0. The Bertz CT molecular complexity index is 790. The largest absolute Gasteiger partial charge is 0.369 e. The number of benzene rings is 2. The molecule has 1 fully saturated rings. The molecule has 1 amide bonds. The van der Waals surface area contributed by atoms with Gasteiger partial charge in [0.1, 0.15) is 5.82 Å². The van der Waals surface area contributed by atoms with Gasteiger partial charge in [0.15, 0.2) is 0 Å². The van der Waals surface area contributed by atoms with E-state index in [1.165, 1.54) is 29.4 Å². The van der Waals surface area contributed by atoms with Crippen molar-refractivity contribution in [3.8, 4) is 0 Å². The third-order valence-corrected chi connectivity index (χ3v) is 5.20. The minimum atomic E-state index is -0.423. The van der Waals surface area contributed by atoms with Crippen LogP contribution in [0.15, 0.2) is 42.5 Å². The first-order valence-corrected chi connectivity index (χ1v) is 9.14. The summed E-state index contributed by atoms with van der Waals surface area (Å²) in [6, 6.07) is 12.0. The highest BCUT2D eigenvalue weighted by molar-refractivity contribution is 6.33. The summed E-state index contributed by atoms with van der Waals surface area (Å²) in [7, 11) is 0. The lowest BCUT2D eigenvalue weighted by Crippen LogP contribution is -2.53. The van der Waals surface area contributed by atoms with E-state index in [0.29, 0.717) is 5.69 Å². The predicted octanol–water partition coefficient (Wildman–Crippen LogP) is 3.94. The minimum absolute atomic E-state index is 0.136. The van der Waals surface area contributed by atoms with Gasteiger partial charge >= 0.3 is 0 Å². The maximum Gasteiger partial charge on any atom is 0.241 e. The van der Waals surface area contributed by atoms with E-state index >= 15 is 0 Å². The maximum atomic E-state index is 13.1. The Kier molecular flexibility index (Phi) is 5.79. The van der Waals surface area contributed by atoms with Crippen molar-refractivity contribution >= 4 is 28.9 Å². The molecule has 0 spiro atoms. The van der Waals surface area contributed by atoms with E-state index in [2.05, 4.69) is 40.2 Å². The summed E-state index contributed by atoms with van der Waals surface area (Å²) < 4.78 is 13.1. The summed E-state index contributed by atoms with van der Waals surface area (Å²) in [6.07, 6.45) is 0. The first-order valence-electron chi connectivity index (χ1n) is 8.76. The van der Waals surface area contributed by atoms with Crippen molar-refractivity contribution in [2.45, 2.75) is 19.9 Å². The second-order valence-electron chi connectivity index (χ2n) is 6.60. The SMILES string of the molecule is Cc1ccccc1N1CCN([C@@H](C)C(=O)Nc2ccc(F)cc2Cl)CC1. The quantitative estimate of drug-likeness (QED) is 0.879. The molecule has 0 saturated carbocycles. The summed E-state index contributed by atoms with van der Waals surface area (Å²) in [4.78, 5) is 17.0. The lowest BCUT2D eigenvalue weighted by Gasteiger charge is -2.39. The van der Waals surface area contributed by atoms with Gasteiger partial charge in [0, 0.05) is 31.9 Å². The first kappa shape index (κ1) is 18.7. The van der Waals surface area contributed by atoms with Gasteiger partial charge in [-0.1, -0.05) is 29.8 Å². The van der Waals surface area contributed by atoms with Crippen LogP contribution in [0.1, 0.15) is 12.5 Å². The third-order valence-electron chi connectivity index (χ3n) is 4.89. The van der Waals surface area contributed by atoms with E-state index < -0.39 is 5.82 Å². The van der Waals surface area contributed by atoms with Crippen LogP contribution in [0.3, 0.4) is 0 Å². The monoisotopic (exact) mass is 375 g/mol. The Morgan fingerprint density at radius 1 is 1.15 bits per heavy atom. The Morgan fingerprint density at radius 3 is 2.50 bits per heavy atom. The zero-order chi connectivity index (χ0) is 18.7. The van der Waals surface area contributed by atoms with Crippen molar-refractivity contribution in [3.63, 3.8) is 0 Å². The molecule has 0 radical (unpaired) electrons. The number of hydrogen-bond acceptors (Lipinski definition) is 3. The number of amides is 1. The van der Waals surface area contributed by atoms with Crippen molar-refractivity contribution in [1.82, 2.24) is 4.90 Å². The Morgan fingerprint density at radius 2 is 1.85 bits per heavy atom. The molecule has 1 N–H and O–H groups in total. The molecule has 138 valence electrons. The smallest absolute Gasteiger partial charge is 0.241 e. The van der Waals surface area contributed by atoms with Gasteiger partial charge in [0.05, 0.1) is 16.8 Å². The van der Waals surface area contributed by atoms with Gasteiger partial charge in [-0.25, -0.2) is 4.39 Å². The number of carbonyl (C=O) groups excluding carboxylic acids is 1. The van der Waals surface area contributed by atoms with Crippen LogP contribution in [0.5, 0.6) is 0 Å². The van der Waals surface area contributed by atoms with Crippen LogP contribution in [0.4, 0.5) is 15.8 Å². The summed E-state index contributed by atoms with van der Waals surface area (Å²) in [6.45, 7) is 7.36. The molecule has 0 unspecified atom stereocenters. The number of piperazine rings is 1. The number of anilines is 2. The van der Waals surface area contributed by atoms with Gasteiger partial charge in [-0.3, -0.25) is 9.69 Å². The van der Waals surface area contributed by atoms with Gasteiger partial charge in [-0.2, -0.15) is 0 Å². The van der Waals surface area contributed by atoms with Crippen molar-refractivity contribution in [2.75, 3.05) is 36.4 Å². The molecule has 1 saturated heterocycles. The van der Waals surface area contributed by atoms with Crippen molar-refractivity contribution in [2.24, 2.45) is 0 Å². The molecular weight excluding hydrogens is 353 g/mol. The summed E-state index contributed by atoms with van der Waals surface area (Å²) >= 11 is 5.99. The molecule has 0 bridgehead atoms. The highest BCUT2D eigenvalue weighted by Crippen LogP contribution is 2.24. The van der Waals surface area contributed by atoms with Gasteiger partial charge in [0.2, 0.25) is 5.91 Å². The fourth-order valence-electron chi connectivity index (χ4n) is 3.26. The van der Waals surface area contributed by atoms with Crippen molar-refractivity contribution in [3.05, 3.63) is 58.9 Å². The molecule has 3 rings (SSSR count). The number of nitrogens with one attached hydrogen (secondary N) is 1. The maximum absolute atomic E-state index is 13.1. The molecule has 0 aliphatic carbocycles. The summed E-state index contributed by atoms with van der Waals surface area (Å²) in [5.41, 5.74) is 2.95. The number of para-hydroxylation sites is 1. The first-order chi connectivity index (χ1) is 12.5. The van der Waals surface area contributed by atoms with Crippen molar-refractivity contribution < 1.29 is 9.18 Å². The van der Waals surface area contributed by atoms with E-state index in [1.54, 1.807) is 0 Å². The van der Waals surface area contributed by atoms with Crippen LogP contribution < -0.4 is 10.2 Å². The molecule has 1 atom stereocenters. The van der Waals surface area contributed by atoms with Crippen LogP contribution in [0.2, 0.25) is 5.02 Å². The molecule has 26 heavy (non-hydrogen) atoms. The standard InChI is InChI=1S/C20H23ClFN3O/c1-14-5-3-4-6-19(14)25-11-9-24(10-12-25)15(2)20(26)23-18-8-7-16(22)13-17(18)21/h3-8,13,15H,9-12H2,1-2H3,(H,23,26)/t15-/m0/s1. The van der Waals surface area contributed by atoms with Crippen LogP contribution in [0, 0.1) is 12.7 Å². The Labute approximate surface area is 158 Å². The molecule has 1 aliphatic rings. The molecule has 1 aliphatic heterocycles. The lowest BCUT2D eigenvalue weighted by atomic mass is 10.1. The van der Waals surface area contributed by atoms with Crippen LogP contribution in [-0.4, -0.2) is 43.0 Å². The topological polar surface area (TPSA) is 35.6 Å². The van der Waals surface area contributed by atoms with Crippen LogP contribution in [0.25, 0.3) is 0 Å². The summed E-state index contributed by atoms with van der Waals surface area (Å²) in [5, 5.41) is 3.00. The highest BCUT2D eigenvalue weighted by Gasteiger charge is 2.26. The second kappa shape index (κ2) is 8.06. The fourth-order valence-corrected chi connectivity index (χ4v) is 3.48. The highest BCUT2D eigenvalue weighted by atomic mass is 35.5. The molecule has 2 aromatic rings. The molecule has 1 heterocycles. The van der Waals surface area contributed by atoms with E-state index in [1.807, 2.05) is 13.0 Å². The predicted molar refractivity (Wildman–Crippen MR) is 104 cm³/mol. The lowest BCUT2D eigenvalue weighted by molar-refractivity contribution is -0.120. The Hall–Kier alpha value is -2.11. The molecule has 2 aromatic carbocycles. The third kappa shape index (κ3) is 4.17. The van der Waals surface area contributed by atoms with Crippen molar-refractivity contribution in [1.29, 1.82) is 0 Å². The average Bonchev–Trinajstić information content (AvgIpc) is 2.64. The van der Waals surface area contributed by atoms with E-state index in [4.69, 9.17) is 11.6 Å². The second-order valence-corrected chi connectivity index (χ2v) is 7.01. The van der Waals surface area contributed by atoms with Gasteiger partial charge < -0.3 is 10.2 Å². The molecular formula is C20H23ClFN3O. The molecule has 6 heteroatoms. The summed E-state index contributed by atoms with van der Waals surface area (Å²) in [5.74, 6) is -0.559. The minimum Gasteiger partial charge on any atom is -0.369 e. The van der Waals surface area contributed by atoms with Gasteiger partial charge in [0.25, 0.3) is 0 Å². The average molecular weight is 376 g/mol. The fraction of sp³-hybridized carbons (Fsp3) is 0.350. The van der Waals surface area contributed by atoms with Gasteiger partial charge in [-0.15, -0.1) is 0 Å². The number of carbonyl (C=O) groups is 1. The molecule has 0 aromatic heterocycles. The van der Waals surface area contributed by atoms with Crippen LogP contribution >= 0.6 is 11.6 Å². The number of halogens is 2. The van der Waals surface area contributed by atoms with Crippen LogP contribution in [-0.2, 0) is 4.79 Å². The number of hydrogen-bond donors (Lipinski definition) is 1. The number of aryl methyl sites for hydroxylation is 1. The molecule has 4 nitrogen and oxygen atoms in total.